The summed E-state index contributed by atoms with van der Waals surface area (Å²) in [5.74, 6) is -0.178. The Morgan fingerprint density at radius 1 is 1.11 bits per heavy atom. The standard InChI is InChI=1S/C16H18FN/c1-3-18-11-13-6-4-5-7-16(13)14-8-12(2)9-15(17)10-14/h4-10,18H,3,11H2,1-2H3. The van der Waals surface area contributed by atoms with Crippen molar-refractivity contribution in [2.24, 2.45) is 0 Å². The summed E-state index contributed by atoms with van der Waals surface area (Å²) in [6.07, 6.45) is 0. The smallest absolute Gasteiger partial charge is 0.124 e. The SMILES string of the molecule is CCNCc1ccccc1-c1cc(C)cc(F)c1. The Morgan fingerprint density at radius 2 is 1.89 bits per heavy atom. The zero-order valence-electron chi connectivity index (χ0n) is 10.8. The fourth-order valence-electron chi connectivity index (χ4n) is 2.11. The van der Waals surface area contributed by atoms with Crippen LogP contribution in [0.4, 0.5) is 4.39 Å². The topological polar surface area (TPSA) is 12.0 Å². The van der Waals surface area contributed by atoms with Gasteiger partial charge in [-0.3, -0.25) is 0 Å². The van der Waals surface area contributed by atoms with Gasteiger partial charge in [0.2, 0.25) is 0 Å². The van der Waals surface area contributed by atoms with Crippen molar-refractivity contribution < 1.29 is 4.39 Å². The molecule has 0 spiro atoms. The van der Waals surface area contributed by atoms with Gasteiger partial charge in [-0.15, -0.1) is 0 Å². The Balaban J connectivity index is 2.42. The molecule has 18 heavy (non-hydrogen) atoms. The molecule has 0 saturated heterocycles. The lowest BCUT2D eigenvalue weighted by Crippen LogP contribution is -2.12. The molecule has 0 heterocycles. The highest BCUT2D eigenvalue weighted by Gasteiger charge is 2.06. The predicted molar refractivity (Wildman–Crippen MR) is 74.0 cm³/mol. The van der Waals surface area contributed by atoms with Crippen molar-refractivity contribution in [2.75, 3.05) is 6.54 Å². The minimum Gasteiger partial charge on any atom is -0.313 e. The van der Waals surface area contributed by atoms with Crippen LogP contribution in [0, 0.1) is 12.7 Å². The third kappa shape index (κ3) is 2.96. The van der Waals surface area contributed by atoms with Crippen molar-refractivity contribution in [3.8, 4) is 11.1 Å². The van der Waals surface area contributed by atoms with Crippen molar-refractivity contribution in [3.63, 3.8) is 0 Å². The van der Waals surface area contributed by atoms with Crippen molar-refractivity contribution in [3.05, 3.63) is 59.4 Å². The van der Waals surface area contributed by atoms with Gasteiger partial charge >= 0.3 is 0 Å². The largest absolute Gasteiger partial charge is 0.313 e. The van der Waals surface area contributed by atoms with Crippen molar-refractivity contribution in [2.45, 2.75) is 20.4 Å². The van der Waals surface area contributed by atoms with E-state index < -0.39 is 0 Å². The van der Waals surface area contributed by atoms with Crippen molar-refractivity contribution in [1.29, 1.82) is 0 Å². The molecule has 2 aromatic carbocycles. The number of rotatable bonds is 4. The zero-order chi connectivity index (χ0) is 13.0. The van der Waals surface area contributed by atoms with Gasteiger partial charge in [-0.1, -0.05) is 37.3 Å². The van der Waals surface area contributed by atoms with Gasteiger partial charge in [0.05, 0.1) is 0 Å². The first kappa shape index (κ1) is 12.8. The van der Waals surface area contributed by atoms with Gasteiger partial charge < -0.3 is 5.32 Å². The van der Waals surface area contributed by atoms with Crippen LogP contribution in [-0.2, 0) is 6.54 Å². The summed E-state index contributed by atoms with van der Waals surface area (Å²) in [6.45, 7) is 5.73. The monoisotopic (exact) mass is 243 g/mol. The molecule has 2 aromatic rings. The molecule has 0 unspecified atom stereocenters. The second kappa shape index (κ2) is 5.78. The van der Waals surface area contributed by atoms with Crippen LogP contribution in [0.25, 0.3) is 11.1 Å². The minimum absolute atomic E-state index is 0.178. The highest BCUT2D eigenvalue weighted by atomic mass is 19.1. The molecule has 0 amide bonds. The van der Waals surface area contributed by atoms with Gasteiger partial charge in [0.25, 0.3) is 0 Å². The van der Waals surface area contributed by atoms with Gasteiger partial charge in [0, 0.05) is 6.54 Å². The van der Waals surface area contributed by atoms with E-state index in [9.17, 15) is 4.39 Å². The number of aryl methyl sites for hydroxylation is 1. The molecule has 0 radical (unpaired) electrons. The molecule has 0 aliphatic rings. The lowest BCUT2D eigenvalue weighted by molar-refractivity contribution is 0.627. The van der Waals surface area contributed by atoms with Gasteiger partial charge in [-0.05, 0) is 47.9 Å². The van der Waals surface area contributed by atoms with E-state index in [1.165, 1.54) is 5.56 Å². The lowest BCUT2D eigenvalue weighted by atomic mass is 9.98. The van der Waals surface area contributed by atoms with Crippen LogP contribution in [0.15, 0.2) is 42.5 Å². The molecular formula is C16H18FN. The molecule has 0 fully saturated rings. The first-order valence-electron chi connectivity index (χ1n) is 6.27. The number of halogens is 1. The summed E-state index contributed by atoms with van der Waals surface area (Å²) in [4.78, 5) is 0. The molecule has 0 aromatic heterocycles. The van der Waals surface area contributed by atoms with E-state index in [1.807, 2.05) is 31.2 Å². The Kier molecular flexibility index (Phi) is 4.11. The van der Waals surface area contributed by atoms with Crippen LogP contribution in [0.5, 0.6) is 0 Å². The number of hydrogen-bond donors (Lipinski definition) is 1. The number of nitrogens with one attached hydrogen (secondary N) is 1. The van der Waals surface area contributed by atoms with Crippen molar-refractivity contribution >= 4 is 0 Å². The van der Waals surface area contributed by atoms with Crippen LogP contribution in [0.3, 0.4) is 0 Å². The predicted octanol–water partition coefficient (Wildman–Crippen LogP) is 3.91. The molecule has 0 bridgehead atoms. The van der Waals surface area contributed by atoms with E-state index in [2.05, 4.69) is 18.3 Å². The molecule has 1 nitrogen and oxygen atoms in total. The maximum absolute atomic E-state index is 13.5. The Hall–Kier alpha value is -1.67. The summed E-state index contributed by atoms with van der Waals surface area (Å²) in [5.41, 5.74) is 4.19. The van der Waals surface area contributed by atoms with E-state index in [1.54, 1.807) is 12.1 Å². The summed E-state index contributed by atoms with van der Waals surface area (Å²) in [6, 6.07) is 13.3. The quantitative estimate of drug-likeness (QED) is 0.858. The number of benzene rings is 2. The molecule has 1 N–H and O–H groups in total. The fourth-order valence-corrected chi connectivity index (χ4v) is 2.11. The Labute approximate surface area is 108 Å². The maximum Gasteiger partial charge on any atom is 0.124 e. The normalized spacial score (nSPS) is 10.6. The van der Waals surface area contributed by atoms with E-state index >= 15 is 0 Å². The van der Waals surface area contributed by atoms with Gasteiger partial charge in [-0.25, -0.2) is 4.39 Å². The van der Waals surface area contributed by atoms with Gasteiger partial charge in [0.1, 0.15) is 5.82 Å². The molecular weight excluding hydrogens is 225 g/mol. The summed E-state index contributed by atoms with van der Waals surface area (Å²) >= 11 is 0. The zero-order valence-corrected chi connectivity index (χ0v) is 10.8. The Bertz CT molecular complexity index is 514. The fraction of sp³-hybridized carbons (Fsp3) is 0.250. The first-order chi connectivity index (χ1) is 8.70. The molecule has 2 heteroatoms. The van der Waals surface area contributed by atoms with Crippen LogP contribution in [0.1, 0.15) is 18.1 Å². The third-order valence-corrected chi connectivity index (χ3v) is 2.94. The third-order valence-electron chi connectivity index (χ3n) is 2.94. The van der Waals surface area contributed by atoms with Crippen LogP contribution >= 0.6 is 0 Å². The second-order valence-corrected chi connectivity index (χ2v) is 4.45. The molecule has 0 saturated carbocycles. The lowest BCUT2D eigenvalue weighted by Gasteiger charge is -2.11. The average Bonchev–Trinajstić information content (AvgIpc) is 2.35. The van der Waals surface area contributed by atoms with Crippen LogP contribution in [-0.4, -0.2) is 6.54 Å². The molecule has 2 rings (SSSR count). The average molecular weight is 243 g/mol. The minimum atomic E-state index is -0.178. The summed E-state index contributed by atoms with van der Waals surface area (Å²) in [7, 11) is 0. The van der Waals surface area contributed by atoms with Gasteiger partial charge in [0.15, 0.2) is 0 Å². The number of hydrogen-bond acceptors (Lipinski definition) is 1. The van der Waals surface area contributed by atoms with Crippen molar-refractivity contribution in [1.82, 2.24) is 5.32 Å². The van der Waals surface area contributed by atoms with Crippen LogP contribution < -0.4 is 5.32 Å². The molecule has 0 aliphatic heterocycles. The second-order valence-electron chi connectivity index (χ2n) is 4.45. The highest BCUT2D eigenvalue weighted by molar-refractivity contribution is 5.68. The molecule has 0 atom stereocenters. The van der Waals surface area contributed by atoms with E-state index in [4.69, 9.17) is 0 Å². The summed E-state index contributed by atoms with van der Waals surface area (Å²) in [5, 5.41) is 3.31. The Morgan fingerprint density at radius 3 is 2.61 bits per heavy atom. The van der Waals surface area contributed by atoms with E-state index in [-0.39, 0.29) is 5.82 Å². The first-order valence-corrected chi connectivity index (χ1v) is 6.27. The maximum atomic E-state index is 13.5. The van der Waals surface area contributed by atoms with E-state index in [0.29, 0.717) is 0 Å². The van der Waals surface area contributed by atoms with E-state index in [0.717, 1.165) is 29.8 Å². The molecule has 0 aliphatic carbocycles. The van der Waals surface area contributed by atoms with Crippen LogP contribution in [0.2, 0.25) is 0 Å². The van der Waals surface area contributed by atoms with Gasteiger partial charge in [-0.2, -0.15) is 0 Å². The summed E-state index contributed by atoms with van der Waals surface area (Å²) < 4.78 is 13.5. The highest BCUT2D eigenvalue weighted by Crippen LogP contribution is 2.25. The molecule has 94 valence electrons.